The highest BCUT2D eigenvalue weighted by atomic mass is 16.4. The molecule has 0 heterocycles. The maximum Gasteiger partial charge on any atom is 0.375 e. The van der Waals surface area contributed by atoms with Crippen LogP contribution >= 0.6 is 0 Å². The lowest BCUT2D eigenvalue weighted by Crippen LogP contribution is -2.32. The molecule has 4 nitrogen and oxygen atoms in total. The van der Waals surface area contributed by atoms with Crippen molar-refractivity contribution in [3.63, 3.8) is 0 Å². The average Bonchev–Trinajstić information content (AvgIpc) is 2.91. The van der Waals surface area contributed by atoms with Crippen LogP contribution in [0.3, 0.4) is 0 Å². The van der Waals surface area contributed by atoms with Crippen molar-refractivity contribution in [3.8, 4) is 0 Å². The number of carbonyl (C=O) groups is 2. The van der Waals surface area contributed by atoms with E-state index in [2.05, 4.69) is 0 Å². The van der Waals surface area contributed by atoms with Crippen LogP contribution in [0.4, 0.5) is 0 Å². The summed E-state index contributed by atoms with van der Waals surface area (Å²) in [6.07, 6.45) is 5.14. The predicted molar refractivity (Wildman–Crippen MR) is 52.3 cm³/mol. The van der Waals surface area contributed by atoms with E-state index in [0.29, 0.717) is 0 Å². The fourth-order valence-corrected chi connectivity index (χ4v) is 2.97. The molecular formula is C11H16O4. The van der Waals surface area contributed by atoms with Crippen molar-refractivity contribution in [2.24, 2.45) is 11.3 Å². The third kappa shape index (κ3) is 1.78. The second-order valence-electron chi connectivity index (χ2n) is 4.85. The van der Waals surface area contributed by atoms with Crippen LogP contribution in [0.1, 0.15) is 38.5 Å². The smallest absolute Gasteiger partial charge is 0.375 e. The first kappa shape index (κ1) is 10.6. The number of ketones is 1. The molecule has 0 radical (unpaired) electrons. The Labute approximate surface area is 88.3 Å². The van der Waals surface area contributed by atoms with E-state index >= 15 is 0 Å². The number of aliphatic hydroxyl groups is 1. The first-order chi connectivity index (χ1) is 7.07. The molecule has 4 heteroatoms. The van der Waals surface area contributed by atoms with Crippen LogP contribution in [0.5, 0.6) is 0 Å². The lowest BCUT2D eigenvalue weighted by Gasteiger charge is -2.23. The van der Waals surface area contributed by atoms with Gasteiger partial charge in [-0.2, -0.15) is 0 Å². The largest absolute Gasteiger partial charge is 0.475 e. The van der Waals surface area contributed by atoms with Crippen molar-refractivity contribution >= 4 is 11.8 Å². The maximum atomic E-state index is 11.1. The van der Waals surface area contributed by atoms with Gasteiger partial charge in [0, 0.05) is 0 Å². The van der Waals surface area contributed by atoms with E-state index in [4.69, 9.17) is 5.11 Å². The molecular weight excluding hydrogens is 196 g/mol. The Bertz CT molecular complexity index is 291. The summed E-state index contributed by atoms with van der Waals surface area (Å²) in [5.74, 6) is -2.65. The predicted octanol–water partition coefficient (Wildman–Crippen LogP) is 0.971. The lowest BCUT2D eigenvalue weighted by molar-refractivity contribution is -0.154. The molecule has 1 spiro atoms. The first-order valence-electron chi connectivity index (χ1n) is 5.52. The standard InChI is InChI=1S/C11H16O4/c12-8(9(13)10(14)15)7-6-11(7)4-2-1-3-5-11/h7-8,12H,1-6H2,(H,14,15)/t7-,8?/m1/s1. The number of aliphatic hydroxyl groups excluding tert-OH is 1. The van der Waals surface area contributed by atoms with Gasteiger partial charge in [0.1, 0.15) is 6.10 Å². The minimum absolute atomic E-state index is 0.0959. The molecule has 0 saturated heterocycles. The number of Topliss-reactive ketones (excluding diaryl/α,β-unsaturated/α-hetero) is 1. The van der Waals surface area contributed by atoms with Crippen molar-refractivity contribution < 1.29 is 19.8 Å². The number of carboxylic acids is 1. The topological polar surface area (TPSA) is 74.6 Å². The van der Waals surface area contributed by atoms with Crippen LogP contribution in [0.25, 0.3) is 0 Å². The molecule has 84 valence electrons. The van der Waals surface area contributed by atoms with Gasteiger partial charge in [0.2, 0.25) is 0 Å². The van der Waals surface area contributed by atoms with Gasteiger partial charge >= 0.3 is 5.97 Å². The van der Waals surface area contributed by atoms with E-state index < -0.39 is 17.9 Å². The van der Waals surface area contributed by atoms with Gasteiger partial charge in [-0.25, -0.2) is 4.79 Å². The van der Waals surface area contributed by atoms with Crippen LogP contribution in [-0.2, 0) is 9.59 Å². The van der Waals surface area contributed by atoms with Gasteiger partial charge in [-0.15, -0.1) is 0 Å². The summed E-state index contributed by atoms with van der Waals surface area (Å²) in [6.45, 7) is 0. The van der Waals surface area contributed by atoms with E-state index in [9.17, 15) is 14.7 Å². The van der Waals surface area contributed by atoms with Crippen molar-refractivity contribution in [1.29, 1.82) is 0 Å². The highest BCUT2D eigenvalue weighted by molar-refractivity contribution is 6.34. The maximum absolute atomic E-state index is 11.1. The third-order valence-electron chi connectivity index (χ3n) is 3.96. The zero-order chi connectivity index (χ0) is 11.1. The van der Waals surface area contributed by atoms with E-state index in [1.54, 1.807) is 0 Å². The summed E-state index contributed by atoms with van der Waals surface area (Å²) in [7, 11) is 0. The molecule has 2 fully saturated rings. The van der Waals surface area contributed by atoms with Crippen LogP contribution < -0.4 is 0 Å². The summed E-state index contributed by atoms with van der Waals surface area (Å²) in [4.78, 5) is 21.5. The first-order valence-corrected chi connectivity index (χ1v) is 5.52. The van der Waals surface area contributed by atoms with Crippen LogP contribution in [0.15, 0.2) is 0 Å². The Balaban J connectivity index is 1.97. The zero-order valence-corrected chi connectivity index (χ0v) is 8.61. The van der Waals surface area contributed by atoms with Gasteiger partial charge in [0.25, 0.3) is 5.78 Å². The molecule has 2 aliphatic rings. The van der Waals surface area contributed by atoms with Crippen LogP contribution in [-0.4, -0.2) is 28.1 Å². The Morgan fingerprint density at radius 2 is 1.80 bits per heavy atom. The third-order valence-corrected chi connectivity index (χ3v) is 3.96. The van der Waals surface area contributed by atoms with Crippen molar-refractivity contribution in [3.05, 3.63) is 0 Å². The van der Waals surface area contributed by atoms with E-state index in [-0.39, 0.29) is 11.3 Å². The minimum atomic E-state index is -1.51. The number of carboxylic acid groups (broad SMARTS) is 1. The van der Waals surface area contributed by atoms with E-state index in [0.717, 1.165) is 32.1 Å². The zero-order valence-electron chi connectivity index (χ0n) is 8.61. The van der Waals surface area contributed by atoms with Crippen LogP contribution in [0, 0.1) is 11.3 Å². The fraction of sp³-hybridized carbons (Fsp3) is 0.818. The van der Waals surface area contributed by atoms with Crippen molar-refractivity contribution in [2.75, 3.05) is 0 Å². The summed E-state index contributed by atoms with van der Waals surface area (Å²) < 4.78 is 0. The quantitative estimate of drug-likeness (QED) is 0.683. The SMILES string of the molecule is O=C(O)C(=O)C(O)[C@H]1CC12CCCCC2. The van der Waals surface area contributed by atoms with Gasteiger partial charge in [0.05, 0.1) is 0 Å². The van der Waals surface area contributed by atoms with Crippen molar-refractivity contribution in [1.82, 2.24) is 0 Å². The molecule has 2 rings (SSSR count). The number of aliphatic carboxylic acids is 1. The second kappa shape index (κ2) is 3.59. The number of hydrogen-bond acceptors (Lipinski definition) is 3. The van der Waals surface area contributed by atoms with Gasteiger partial charge in [-0.3, -0.25) is 4.79 Å². The number of rotatable bonds is 3. The number of hydrogen-bond donors (Lipinski definition) is 2. The molecule has 2 saturated carbocycles. The molecule has 2 atom stereocenters. The summed E-state index contributed by atoms with van der Waals surface area (Å²) in [6, 6.07) is 0. The fourth-order valence-electron chi connectivity index (χ4n) is 2.97. The monoisotopic (exact) mass is 212 g/mol. The van der Waals surface area contributed by atoms with E-state index in [1.165, 1.54) is 6.42 Å². The van der Waals surface area contributed by atoms with Crippen molar-refractivity contribution in [2.45, 2.75) is 44.6 Å². The molecule has 0 aromatic carbocycles. The molecule has 1 unspecified atom stereocenters. The Hall–Kier alpha value is -0.900. The molecule has 15 heavy (non-hydrogen) atoms. The number of carbonyl (C=O) groups excluding carboxylic acids is 1. The highest BCUT2D eigenvalue weighted by Gasteiger charge is 2.58. The Kier molecular flexibility index (Phi) is 2.54. The summed E-state index contributed by atoms with van der Waals surface area (Å²) in [5.41, 5.74) is 0.1000. The minimum Gasteiger partial charge on any atom is -0.475 e. The normalized spacial score (nSPS) is 29.8. The molecule has 0 bridgehead atoms. The second-order valence-corrected chi connectivity index (χ2v) is 4.85. The van der Waals surface area contributed by atoms with E-state index in [1.807, 2.05) is 0 Å². The van der Waals surface area contributed by atoms with Gasteiger partial charge in [-0.1, -0.05) is 19.3 Å². The van der Waals surface area contributed by atoms with Gasteiger partial charge in [0.15, 0.2) is 0 Å². The molecule has 2 N–H and O–H groups in total. The summed E-state index contributed by atoms with van der Waals surface area (Å²) in [5, 5.41) is 18.1. The molecule has 2 aliphatic carbocycles. The molecule has 0 amide bonds. The molecule has 0 aromatic heterocycles. The Morgan fingerprint density at radius 3 is 2.33 bits per heavy atom. The van der Waals surface area contributed by atoms with Gasteiger partial charge < -0.3 is 10.2 Å². The molecule has 0 aromatic rings. The highest BCUT2D eigenvalue weighted by Crippen LogP contribution is 2.62. The molecule has 0 aliphatic heterocycles. The van der Waals surface area contributed by atoms with Crippen LogP contribution in [0.2, 0.25) is 0 Å². The Morgan fingerprint density at radius 1 is 1.20 bits per heavy atom. The lowest BCUT2D eigenvalue weighted by atomic mass is 9.83. The average molecular weight is 212 g/mol. The van der Waals surface area contributed by atoms with Gasteiger partial charge in [-0.05, 0) is 30.6 Å². The summed E-state index contributed by atoms with van der Waals surface area (Å²) >= 11 is 0.